The van der Waals surface area contributed by atoms with E-state index in [4.69, 9.17) is 0 Å². The summed E-state index contributed by atoms with van der Waals surface area (Å²) in [5, 5.41) is 9.34. The first-order valence-electron chi connectivity index (χ1n) is 5.71. The van der Waals surface area contributed by atoms with Crippen LogP contribution in [0.4, 0.5) is 20.7 Å². The van der Waals surface area contributed by atoms with Crippen molar-refractivity contribution in [2.45, 2.75) is 13.3 Å². The molecule has 102 valence electrons. The topological polar surface area (TPSA) is 80.5 Å². The van der Waals surface area contributed by atoms with Crippen LogP contribution in [-0.4, -0.2) is 44.2 Å². The maximum Gasteiger partial charge on any atom is 0.257 e. The Morgan fingerprint density at radius 1 is 1.21 bits per heavy atom. The lowest BCUT2D eigenvalue weighted by molar-refractivity contribution is 0.163. The highest BCUT2D eigenvalue weighted by Gasteiger charge is 2.09. The molecule has 19 heavy (non-hydrogen) atoms. The van der Waals surface area contributed by atoms with Crippen molar-refractivity contribution in [1.82, 2.24) is 24.7 Å². The summed E-state index contributed by atoms with van der Waals surface area (Å²) < 4.78 is 25.8. The SMILES string of the molecule is CCNc1nc(NCC(F)F)nc(-n2cccn2)n1. The van der Waals surface area contributed by atoms with Crippen molar-refractivity contribution in [1.29, 1.82) is 0 Å². The minimum atomic E-state index is -2.48. The lowest BCUT2D eigenvalue weighted by atomic mass is 10.6. The van der Waals surface area contributed by atoms with E-state index in [-0.39, 0.29) is 11.9 Å². The number of hydrogen-bond acceptors (Lipinski definition) is 6. The molecule has 7 nitrogen and oxygen atoms in total. The van der Waals surface area contributed by atoms with Crippen molar-refractivity contribution in [2.75, 3.05) is 23.7 Å². The van der Waals surface area contributed by atoms with Crippen molar-refractivity contribution >= 4 is 11.9 Å². The minimum Gasteiger partial charge on any atom is -0.354 e. The molecule has 0 saturated carbocycles. The van der Waals surface area contributed by atoms with Crippen molar-refractivity contribution in [2.24, 2.45) is 0 Å². The summed E-state index contributed by atoms with van der Waals surface area (Å²) in [7, 11) is 0. The summed E-state index contributed by atoms with van der Waals surface area (Å²) >= 11 is 0. The van der Waals surface area contributed by atoms with Gasteiger partial charge in [-0.05, 0) is 13.0 Å². The van der Waals surface area contributed by atoms with Crippen LogP contribution in [0.2, 0.25) is 0 Å². The third-order valence-corrected chi connectivity index (χ3v) is 2.08. The molecular formula is C10H13F2N7. The fourth-order valence-corrected chi connectivity index (χ4v) is 1.34. The third kappa shape index (κ3) is 3.57. The number of rotatable bonds is 6. The summed E-state index contributed by atoms with van der Waals surface area (Å²) in [6, 6.07) is 1.71. The van der Waals surface area contributed by atoms with E-state index in [1.807, 2.05) is 6.92 Å². The number of halogens is 2. The molecule has 2 aromatic heterocycles. The fourth-order valence-electron chi connectivity index (χ4n) is 1.34. The molecule has 0 aromatic carbocycles. The van der Waals surface area contributed by atoms with Gasteiger partial charge in [0.15, 0.2) is 0 Å². The van der Waals surface area contributed by atoms with Gasteiger partial charge in [-0.15, -0.1) is 0 Å². The van der Waals surface area contributed by atoms with E-state index in [0.29, 0.717) is 12.5 Å². The van der Waals surface area contributed by atoms with Gasteiger partial charge in [-0.3, -0.25) is 0 Å². The van der Waals surface area contributed by atoms with Gasteiger partial charge < -0.3 is 10.6 Å². The zero-order chi connectivity index (χ0) is 13.7. The number of alkyl halides is 2. The van der Waals surface area contributed by atoms with E-state index < -0.39 is 13.0 Å². The van der Waals surface area contributed by atoms with Gasteiger partial charge in [-0.1, -0.05) is 0 Å². The van der Waals surface area contributed by atoms with E-state index in [1.54, 1.807) is 18.5 Å². The zero-order valence-electron chi connectivity index (χ0n) is 10.2. The molecule has 0 amide bonds. The van der Waals surface area contributed by atoms with Gasteiger partial charge in [0.25, 0.3) is 12.4 Å². The molecule has 0 spiro atoms. The van der Waals surface area contributed by atoms with E-state index >= 15 is 0 Å². The van der Waals surface area contributed by atoms with Crippen LogP contribution in [0.3, 0.4) is 0 Å². The van der Waals surface area contributed by atoms with Gasteiger partial charge in [0.1, 0.15) is 0 Å². The Labute approximate surface area is 108 Å². The van der Waals surface area contributed by atoms with Gasteiger partial charge in [-0.25, -0.2) is 13.5 Å². The molecule has 2 N–H and O–H groups in total. The molecule has 0 saturated heterocycles. The van der Waals surface area contributed by atoms with Crippen molar-refractivity contribution in [3.8, 4) is 5.95 Å². The van der Waals surface area contributed by atoms with E-state index in [9.17, 15) is 8.78 Å². The molecule has 0 aliphatic rings. The van der Waals surface area contributed by atoms with Gasteiger partial charge in [0, 0.05) is 18.9 Å². The fraction of sp³-hybridized carbons (Fsp3) is 0.400. The lowest BCUT2D eigenvalue weighted by Crippen LogP contribution is -2.16. The van der Waals surface area contributed by atoms with Gasteiger partial charge >= 0.3 is 0 Å². The smallest absolute Gasteiger partial charge is 0.257 e. The first-order valence-corrected chi connectivity index (χ1v) is 5.71. The normalized spacial score (nSPS) is 10.7. The quantitative estimate of drug-likeness (QED) is 0.819. The Hall–Kier alpha value is -2.32. The number of nitrogens with one attached hydrogen (secondary N) is 2. The van der Waals surface area contributed by atoms with Crippen LogP contribution in [0.5, 0.6) is 0 Å². The number of hydrogen-bond donors (Lipinski definition) is 2. The minimum absolute atomic E-state index is 0.0803. The van der Waals surface area contributed by atoms with Crippen LogP contribution in [0.1, 0.15) is 6.92 Å². The molecule has 0 atom stereocenters. The maximum atomic E-state index is 12.2. The lowest BCUT2D eigenvalue weighted by Gasteiger charge is -2.08. The highest BCUT2D eigenvalue weighted by atomic mass is 19.3. The van der Waals surface area contributed by atoms with Crippen LogP contribution in [0, 0.1) is 0 Å². The standard InChI is InChI=1S/C10H13F2N7/c1-2-13-8-16-9(14-6-7(11)12)18-10(17-8)19-5-3-4-15-19/h3-5,7H,2,6H2,1H3,(H2,13,14,16,17,18). The van der Waals surface area contributed by atoms with Gasteiger partial charge in [-0.2, -0.15) is 20.1 Å². The average Bonchev–Trinajstić information content (AvgIpc) is 2.90. The highest BCUT2D eigenvalue weighted by molar-refractivity contribution is 5.37. The third-order valence-electron chi connectivity index (χ3n) is 2.08. The summed E-state index contributed by atoms with van der Waals surface area (Å²) in [6.45, 7) is 1.97. The predicted molar refractivity (Wildman–Crippen MR) is 65.6 cm³/mol. The molecule has 9 heteroatoms. The van der Waals surface area contributed by atoms with Crippen molar-refractivity contribution in [3.05, 3.63) is 18.5 Å². The molecule has 2 rings (SSSR count). The zero-order valence-corrected chi connectivity index (χ0v) is 10.2. The number of anilines is 2. The van der Waals surface area contributed by atoms with Crippen LogP contribution in [0.25, 0.3) is 5.95 Å². The Kier molecular flexibility index (Phi) is 4.16. The molecule has 0 radical (unpaired) electrons. The van der Waals surface area contributed by atoms with E-state index in [1.165, 1.54) is 4.68 Å². The molecule has 2 heterocycles. The summed E-state index contributed by atoms with van der Waals surface area (Å²) in [5.74, 6) is 0.643. The first kappa shape index (κ1) is 13.1. The van der Waals surface area contributed by atoms with Gasteiger partial charge in [0.2, 0.25) is 11.9 Å². The van der Waals surface area contributed by atoms with E-state index in [0.717, 1.165) is 0 Å². The second-order valence-electron chi connectivity index (χ2n) is 3.54. The van der Waals surface area contributed by atoms with Crippen LogP contribution >= 0.6 is 0 Å². The molecular weight excluding hydrogens is 256 g/mol. The molecule has 0 aliphatic heterocycles. The Morgan fingerprint density at radius 3 is 2.53 bits per heavy atom. The monoisotopic (exact) mass is 269 g/mol. The Balaban J connectivity index is 2.27. The second kappa shape index (κ2) is 6.03. The molecule has 0 aliphatic carbocycles. The van der Waals surface area contributed by atoms with Crippen molar-refractivity contribution in [3.63, 3.8) is 0 Å². The summed E-state index contributed by atoms with van der Waals surface area (Å²) in [5.41, 5.74) is 0. The van der Waals surface area contributed by atoms with Crippen LogP contribution in [-0.2, 0) is 0 Å². The summed E-state index contributed by atoms with van der Waals surface area (Å²) in [6.07, 6.45) is 0.748. The number of aromatic nitrogens is 5. The Bertz CT molecular complexity index is 515. The first-order chi connectivity index (χ1) is 9.19. The van der Waals surface area contributed by atoms with Gasteiger partial charge in [0.05, 0.1) is 6.54 Å². The van der Waals surface area contributed by atoms with Crippen LogP contribution < -0.4 is 10.6 Å². The van der Waals surface area contributed by atoms with Crippen LogP contribution in [0.15, 0.2) is 18.5 Å². The maximum absolute atomic E-state index is 12.2. The highest BCUT2D eigenvalue weighted by Crippen LogP contribution is 2.09. The largest absolute Gasteiger partial charge is 0.354 e. The Morgan fingerprint density at radius 2 is 1.95 bits per heavy atom. The number of nitrogens with zero attached hydrogens (tertiary/aromatic N) is 5. The predicted octanol–water partition coefficient (Wildman–Crippen LogP) is 1.17. The second-order valence-corrected chi connectivity index (χ2v) is 3.54. The molecule has 0 unspecified atom stereocenters. The molecule has 0 bridgehead atoms. The summed E-state index contributed by atoms with van der Waals surface area (Å²) in [4.78, 5) is 12.1. The van der Waals surface area contributed by atoms with E-state index in [2.05, 4.69) is 30.7 Å². The average molecular weight is 269 g/mol. The molecule has 0 fully saturated rings. The van der Waals surface area contributed by atoms with Crippen molar-refractivity contribution < 1.29 is 8.78 Å². The molecule has 2 aromatic rings.